The number of rotatable bonds is 5. The van der Waals surface area contributed by atoms with Gasteiger partial charge in [0.05, 0.1) is 22.9 Å². The second kappa shape index (κ2) is 6.38. The first-order valence-electron chi connectivity index (χ1n) is 6.74. The maximum atomic E-state index is 13.7. The fraction of sp³-hybridized carbons (Fsp3) is 0.235. The van der Waals surface area contributed by atoms with Crippen LogP contribution in [-0.4, -0.2) is 11.7 Å². The molecular weight excluding hydrogens is 267 g/mol. The molecule has 0 saturated heterocycles. The second-order valence-electron chi connectivity index (χ2n) is 5.12. The Balaban J connectivity index is 1.97. The molecule has 0 spiro atoms. The van der Waals surface area contributed by atoms with Crippen LogP contribution in [0, 0.1) is 17.1 Å². The molecule has 1 atom stereocenters. The zero-order chi connectivity index (χ0) is 15.3. The van der Waals surface area contributed by atoms with E-state index in [1.165, 1.54) is 12.1 Å². The van der Waals surface area contributed by atoms with Gasteiger partial charge in [-0.1, -0.05) is 30.3 Å². The Morgan fingerprint density at radius 1 is 1.24 bits per heavy atom. The topological polar surface area (TPSA) is 56.0 Å². The highest BCUT2D eigenvalue weighted by molar-refractivity contribution is 5.48. The molecule has 0 aromatic heterocycles. The highest BCUT2D eigenvalue weighted by Gasteiger charge is 2.22. The summed E-state index contributed by atoms with van der Waals surface area (Å²) >= 11 is 0. The fourth-order valence-electron chi connectivity index (χ4n) is 2.11. The van der Waals surface area contributed by atoms with Crippen molar-refractivity contribution in [3.05, 3.63) is 65.5 Å². The van der Waals surface area contributed by atoms with E-state index in [0.717, 1.165) is 5.56 Å². The van der Waals surface area contributed by atoms with Crippen molar-refractivity contribution in [2.75, 3.05) is 11.9 Å². The van der Waals surface area contributed by atoms with Gasteiger partial charge in [-0.3, -0.25) is 0 Å². The van der Waals surface area contributed by atoms with E-state index in [2.05, 4.69) is 5.32 Å². The fourth-order valence-corrected chi connectivity index (χ4v) is 2.11. The Morgan fingerprint density at radius 2 is 1.95 bits per heavy atom. The standard InChI is InChI=1S/C17H17FN2O/c1-17(21,14-5-3-2-4-6-14)9-10-20-16-8-7-13(12-19)11-15(16)18/h2-8,11,20-21H,9-10H2,1H3. The summed E-state index contributed by atoms with van der Waals surface area (Å²) in [6.07, 6.45) is 0.441. The summed E-state index contributed by atoms with van der Waals surface area (Å²) in [6, 6.07) is 15.5. The molecule has 21 heavy (non-hydrogen) atoms. The van der Waals surface area contributed by atoms with Gasteiger partial charge in [-0.25, -0.2) is 4.39 Å². The van der Waals surface area contributed by atoms with Crippen molar-refractivity contribution in [1.82, 2.24) is 0 Å². The number of halogens is 1. The van der Waals surface area contributed by atoms with E-state index >= 15 is 0 Å². The molecule has 4 heteroatoms. The van der Waals surface area contributed by atoms with Gasteiger partial charge in [0.15, 0.2) is 0 Å². The van der Waals surface area contributed by atoms with Crippen LogP contribution in [0.5, 0.6) is 0 Å². The number of benzene rings is 2. The van der Waals surface area contributed by atoms with E-state index in [9.17, 15) is 9.50 Å². The Morgan fingerprint density at radius 3 is 2.57 bits per heavy atom. The van der Waals surface area contributed by atoms with Gasteiger partial charge in [-0.05, 0) is 37.1 Å². The van der Waals surface area contributed by atoms with Gasteiger partial charge in [0.25, 0.3) is 0 Å². The molecule has 0 bridgehead atoms. The zero-order valence-corrected chi connectivity index (χ0v) is 11.8. The van der Waals surface area contributed by atoms with Crippen molar-refractivity contribution in [2.24, 2.45) is 0 Å². The van der Waals surface area contributed by atoms with Crippen molar-refractivity contribution in [3.63, 3.8) is 0 Å². The number of anilines is 1. The predicted octanol–water partition coefficient (Wildman–Crippen LogP) is 3.41. The molecule has 1 unspecified atom stereocenters. The molecule has 0 radical (unpaired) electrons. The minimum absolute atomic E-state index is 0.286. The number of nitrogens with zero attached hydrogens (tertiary/aromatic N) is 1. The highest BCUT2D eigenvalue weighted by atomic mass is 19.1. The first-order valence-corrected chi connectivity index (χ1v) is 6.74. The Kier molecular flexibility index (Phi) is 4.56. The molecule has 2 N–H and O–H groups in total. The quantitative estimate of drug-likeness (QED) is 0.884. The summed E-state index contributed by atoms with van der Waals surface area (Å²) in [5.74, 6) is -0.464. The monoisotopic (exact) mass is 284 g/mol. The van der Waals surface area contributed by atoms with Gasteiger partial charge in [-0.2, -0.15) is 5.26 Å². The van der Waals surface area contributed by atoms with Crippen molar-refractivity contribution in [1.29, 1.82) is 5.26 Å². The molecule has 2 rings (SSSR count). The number of nitrogens with one attached hydrogen (secondary N) is 1. The maximum Gasteiger partial charge on any atom is 0.147 e. The smallest absolute Gasteiger partial charge is 0.147 e. The zero-order valence-electron chi connectivity index (χ0n) is 11.8. The van der Waals surface area contributed by atoms with Gasteiger partial charge in [-0.15, -0.1) is 0 Å². The van der Waals surface area contributed by atoms with E-state index in [0.29, 0.717) is 18.7 Å². The summed E-state index contributed by atoms with van der Waals surface area (Å²) in [5.41, 5.74) is 0.469. The Hall–Kier alpha value is -2.38. The highest BCUT2D eigenvalue weighted by Crippen LogP contribution is 2.24. The lowest BCUT2D eigenvalue weighted by Gasteiger charge is -2.24. The molecule has 0 saturated carbocycles. The molecule has 2 aromatic rings. The van der Waals surface area contributed by atoms with Crippen LogP contribution in [0.2, 0.25) is 0 Å². The lowest BCUT2D eigenvalue weighted by Crippen LogP contribution is -2.24. The van der Waals surface area contributed by atoms with Gasteiger partial charge < -0.3 is 10.4 Å². The van der Waals surface area contributed by atoms with E-state index in [1.807, 2.05) is 36.4 Å². The van der Waals surface area contributed by atoms with Gasteiger partial charge >= 0.3 is 0 Å². The third kappa shape index (κ3) is 3.80. The molecule has 0 aliphatic heterocycles. The minimum atomic E-state index is -0.975. The molecule has 0 fully saturated rings. The lowest BCUT2D eigenvalue weighted by atomic mass is 9.92. The lowest BCUT2D eigenvalue weighted by molar-refractivity contribution is 0.0515. The van der Waals surface area contributed by atoms with Crippen LogP contribution >= 0.6 is 0 Å². The van der Waals surface area contributed by atoms with Crippen LogP contribution in [0.25, 0.3) is 0 Å². The van der Waals surface area contributed by atoms with Crippen molar-refractivity contribution >= 4 is 5.69 Å². The minimum Gasteiger partial charge on any atom is -0.385 e. The molecule has 0 aliphatic carbocycles. The summed E-state index contributed by atoms with van der Waals surface area (Å²) < 4.78 is 13.7. The van der Waals surface area contributed by atoms with E-state index < -0.39 is 11.4 Å². The molecular formula is C17H17FN2O. The average Bonchev–Trinajstić information content (AvgIpc) is 2.49. The third-order valence-electron chi connectivity index (χ3n) is 3.42. The molecule has 2 aromatic carbocycles. The molecule has 3 nitrogen and oxygen atoms in total. The van der Waals surface area contributed by atoms with Gasteiger partial charge in [0, 0.05) is 6.54 Å². The molecule has 0 amide bonds. The van der Waals surface area contributed by atoms with Crippen molar-refractivity contribution in [2.45, 2.75) is 18.9 Å². The average molecular weight is 284 g/mol. The number of aliphatic hydroxyl groups is 1. The van der Waals surface area contributed by atoms with E-state index in [-0.39, 0.29) is 5.56 Å². The van der Waals surface area contributed by atoms with Crippen LogP contribution in [0.1, 0.15) is 24.5 Å². The maximum absolute atomic E-state index is 13.7. The van der Waals surface area contributed by atoms with Gasteiger partial charge in [0.1, 0.15) is 5.82 Å². The third-order valence-corrected chi connectivity index (χ3v) is 3.42. The summed E-state index contributed by atoms with van der Waals surface area (Å²) in [7, 11) is 0. The number of hydrogen-bond donors (Lipinski definition) is 2. The molecule has 0 heterocycles. The largest absolute Gasteiger partial charge is 0.385 e. The van der Waals surface area contributed by atoms with E-state index in [1.54, 1.807) is 13.0 Å². The Bertz CT molecular complexity index is 648. The van der Waals surface area contributed by atoms with Crippen molar-refractivity contribution in [3.8, 4) is 6.07 Å². The number of nitriles is 1. The Labute approximate surface area is 123 Å². The van der Waals surface area contributed by atoms with Crippen LogP contribution < -0.4 is 5.32 Å². The SMILES string of the molecule is CC(O)(CCNc1ccc(C#N)cc1F)c1ccccc1. The van der Waals surface area contributed by atoms with Crippen LogP contribution in [-0.2, 0) is 5.60 Å². The van der Waals surface area contributed by atoms with E-state index in [4.69, 9.17) is 5.26 Å². The summed E-state index contributed by atoms with van der Waals surface area (Å²) in [6.45, 7) is 2.16. The predicted molar refractivity (Wildman–Crippen MR) is 80.2 cm³/mol. The number of hydrogen-bond acceptors (Lipinski definition) is 3. The van der Waals surface area contributed by atoms with Crippen LogP contribution in [0.3, 0.4) is 0 Å². The van der Waals surface area contributed by atoms with Crippen molar-refractivity contribution < 1.29 is 9.50 Å². The second-order valence-corrected chi connectivity index (χ2v) is 5.12. The van der Waals surface area contributed by atoms with Crippen LogP contribution in [0.4, 0.5) is 10.1 Å². The summed E-state index contributed by atoms with van der Waals surface area (Å²) in [5, 5.41) is 22.1. The summed E-state index contributed by atoms with van der Waals surface area (Å²) in [4.78, 5) is 0. The van der Waals surface area contributed by atoms with Gasteiger partial charge in [0.2, 0.25) is 0 Å². The van der Waals surface area contributed by atoms with Crippen LogP contribution in [0.15, 0.2) is 48.5 Å². The first kappa shape index (κ1) is 15.0. The normalized spacial score (nSPS) is 13.2. The molecule has 0 aliphatic rings. The molecule has 108 valence electrons. The first-order chi connectivity index (χ1) is 10.0.